The maximum Gasteiger partial charge on any atom is 0.154 e. The van der Waals surface area contributed by atoms with Gasteiger partial charge in [0.25, 0.3) is 0 Å². The second kappa shape index (κ2) is 4.18. The van der Waals surface area contributed by atoms with Gasteiger partial charge in [-0.05, 0) is 28.1 Å². The molecule has 0 saturated carbocycles. The molecule has 0 radical (unpaired) electrons. The van der Waals surface area contributed by atoms with Gasteiger partial charge in [-0.1, -0.05) is 0 Å². The molecule has 0 heterocycles. The summed E-state index contributed by atoms with van der Waals surface area (Å²) in [6.45, 7) is 0. The van der Waals surface area contributed by atoms with Gasteiger partial charge in [-0.25, -0.2) is 0 Å². The number of halogens is 1. The molecule has 0 N–H and O–H groups in total. The first-order valence-electron chi connectivity index (χ1n) is 3.51. The Morgan fingerprint density at radius 1 is 1.31 bits per heavy atom. The Bertz CT molecular complexity index is 347. The fraction of sp³-hybridized carbons (Fsp3) is 0.111. The Kier molecular flexibility index (Phi) is 3.19. The van der Waals surface area contributed by atoms with Crippen molar-refractivity contribution in [2.24, 2.45) is 0 Å². The van der Waals surface area contributed by atoms with Gasteiger partial charge >= 0.3 is 0 Å². The molecule has 0 bridgehead atoms. The Balaban J connectivity index is 3.44. The largest absolute Gasteiger partial charge is 0.495 e. The van der Waals surface area contributed by atoms with Gasteiger partial charge in [0.1, 0.15) is 5.75 Å². The molecule has 0 aromatic heterocycles. The summed E-state index contributed by atoms with van der Waals surface area (Å²) in [5.74, 6) is 0.305. The number of hydrogen-bond acceptors (Lipinski definition) is 3. The van der Waals surface area contributed by atoms with E-state index >= 15 is 0 Å². The van der Waals surface area contributed by atoms with Crippen LogP contribution in [0.5, 0.6) is 5.75 Å². The van der Waals surface area contributed by atoms with Crippen LogP contribution in [0.3, 0.4) is 0 Å². The van der Waals surface area contributed by atoms with Crippen molar-refractivity contribution in [3.63, 3.8) is 0 Å². The maximum atomic E-state index is 10.6. The monoisotopic (exact) mass is 242 g/mol. The minimum Gasteiger partial charge on any atom is -0.495 e. The molecule has 0 amide bonds. The van der Waals surface area contributed by atoms with E-state index in [1.165, 1.54) is 7.11 Å². The molecule has 1 rings (SSSR count). The minimum atomic E-state index is 0.305. The Morgan fingerprint density at radius 2 is 2.00 bits per heavy atom. The molecule has 0 fully saturated rings. The van der Waals surface area contributed by atoms with Gasteiger partial charge in [0.15, 0.2) is 12.6 Å². The van der Waals surface area contributed by atoms with E-state index in [1.807, 2.05) is 0 Å². The number of aldehydes is 2. The SMILES string of the molecule is COc1c(C=O)ccc(Br)c1C=O. The van der Waals surface area contributed by atoms with Crippen LogP contribution in [0.1, 0.15) is 20.7 Å². The molecule has 0 aliphatic carbocycles. The maximum absolute atomic E-state index is 10.6. The van der Waals surface area contributed by atoms with E-state index in [1.54, 1.807) is 12.1 Å². The highest BCUT2D eigenvalue weighted by Gasteiger charge is 2.10. The standard InChI is InChI=1S/C9H7BrO3/c1-13-9-6(4-11)2-3-8(10)7(9)5-12/h2-5H,1H3. The van der Waals surface area contributed by atoms with E-state index in [-0.39, 0.29) is 0 Å². The van der Waals surface area contributed by atoms with Crippen LogP contribution >= 0.6 is 15.9 Å². The minimum absolute atomic E-state index is 0.305. The first kappa shape index (κ1) is 9.92. The molecule has 0 spiro atoms. The van der Waals surface area contributed by atoms with E-state index in [2.05, 4.69) is 15.9 Å². The summed E-state index contributed by atoms with van der Waals surface area (Å²) in [6.07, 6.45) is 1.30. The summed E-state index contributed by atoms with van der Waals surface area (Å²) in [7, 11) is 1.42. The fourth-order valence-corrected chi connectivity index (χ4v) is 1.43. The number of carbonyl (C=O) groups is 2. The lowest BCUT2D eigenvalue weighted by molar-refractivity contribution is 0.111. The predicted octanol–water partition coefficient (Wildman–Crippen LogP) is 2.08. The van der Waals surface area contributed by atoms with Gasteiger partial charge in [-0.3, -0.25) is 9.59 Å². The molecule has 0 atom stereocenters. The van der Waals surface area contributed by atoms with E-state index in [9.17, 15) is 9.59 Å². The molecule has 1 aromatic carbocycles. The summed E-state index contributed by atoms with van der Waals surface area (Å²) in [4.78, 5) is 21.2. The van der Waals surface area contributed by atoms with Crippen LogP contribution in [0.4, 0.5) is 0 Å². The van der Waals surface area contributed by atoms with Gasteiger partial charge in [0.05, 0.1) is 18.2 Å². The fourth-order valence-electron chi connectivity index (χ4n) is 1.02. The lowest BCUT2D eigenvalue weighted by Gasteiger charge is -2.07. The third kappa shape index (κ3) is 1.78. The van der Waals surface area contributed by atoms with Crippen molar-refractivity contribution in [2.45, 2.75) is 0 Å². The summed E-state index contributed by atoms with van der Waals surface area (Å²) in [5.41, 5.74) is 0.722. The molecule has 1 aromatic rings. The molecular formula is C9H7BrO3. The third-order valence-electron chi connectivity index (χ3n) is 1.62. The first-order valence-corrected chi connectivity index (χ1v) is 4.30. The zero-order chi connectivity index (χ0) is 9.84. The molecule has 0 unspecified atom stereocenters. The van der Waals surface area contributed by atoms with E-state index in [0.717, 1.165) is 0 Å². The molecule has 4 heteroatoms. The van der Waals surface area contributed by atoms with Gasteiger partial charge in [0.2, 0.25) is 0 Å². The lowest BCUT2D eigenvalue weighted by Crippen LogP contribution is -1.96. The number of rotatable bonds is 3. The number of methoxy groups -OCH3 is 1. The Hall–Kier alpha value is -1.16. The van der Waals surface area contributed by atoms with Gasteiger partial charge in [0, 0.05) is 4.47 Å². The van der Waals surface area contributed by atoms with Crippen LogP contribution in [0.2, 0.25) is 0 Å². The average Bonchev–Trinajstić information content (AvgIpc) is 2.17. The van der Waals surface area contributed by atoms with Gasteiger partial charge in [-0.2, -0.15) is 0 Å². The number of carbonyl (C=O) groups excluding carboxylic acids is 2. The number of ether oxygens (including phenoxy) is 1. The molecule has 0 saturated heterocycles. The highest BCUT2D eigenvalue weighted by atomic mass is 79.9. The topological polar surface area (TPSA) is 43.4 Å². The highest BCUT2D eigenvalue weighted by Crippen LogP contribution is 2.27. The van der Waals surface area contributed by atoms with E-state index in [0.29, 0.717) is 33.9 Å². The Labute approximate surface area is 83.8 Å². The van der Waals surface area contributed by atoms with Crippen LogP contribution in [-0.2, 0) is 0 Å². The van der Waals surface area contributed by atoms with Crippen molar-refractivity contribution < 1.29 is 14.3 Å². The van der Waals surface area contributed by atoms with Crippen LogP contribution in [0, 0.1) is 0 Å². The van der Waals surface area contributed by atoms with Crippen molar-refractivity contribution in [1.82, 2.24) is 0 Å². The highest BCUT2D eigenvalue weighted by molar-refractivity contribution is 9.10. The second-order valence-corrected chi connectivity index (χ2v) is 3.17. The number of hydrogen-bond donors (Lipinski definition) is 0. The molecular weight excluding hydrogens is 236 g/mol. The van der Waals surface area contributed by atoms with Gasteiger partial charge in [-0.15, -0.1) is 0 Å². The van der Waals surface area contributed by atoms with Crippen LogP contribution in [-0.4, -0.2) is 19.7 Å². The van der Waals surface area contributed by atoms with Crippen molar-refractivity contribution >= 4 is 28.5 Å². The van der Waals surface area contributed by atoms with Crippen molar-refractivity contribution in [3.05, 3.63) is 27.7 Å². The summed E-state index contributed by atoms with van der Waals surface area (Å²) in [6, 6.07) is 3.22. The molecule has 0 aliphatic rings. The zero-order valence-electron chi connectivity index (χ0n) is 6.91. The van der Waals surface area contributed by atoms with Crippen LogP contribution in [0.25, 0.3) is 0 Å². The van der Waals surface area contributed by atoms with E-state index in [4.69, 9.17) is 4.74 Å². The summed E-state index contributed by atoms with van der Waals surface area (Å²) in [5, 5.41) is 0. The van der Waals surface area contributed by atoms with E-state index < -0.39 is 0 Å². The van der Waals surface area contributed by atoms with Crippen molar-refractivity contribution in [1.29, 1.82) is 0 Å². The smallest absolute Gasteiger partial charge is 0.154 e. The first-order chi connectivity index (χ1) is 6.24. The van der Waals surface area contributed by atoms with Gasteiger partial charge < -0.3 is 4.74 Å². The molecule has 13 heavy (non-hydrogen) atoms. The lowest BCUT2D eigenvalue weighted by atomic mass is 10.1. The normalized spacial score (nSPS) is 9.38. The molecule has 68 valence electrons. The molecule has 0 aliphatic heterocycles. The van der Waals surface area contributed by atoms with Crippen LogP contribution in [0.15, 0.2) is 16.6 Å². The molecule has 3 nitrogen and oxygen atoms in total. The quantitative estimate of drug-likeness (QED) is 0.763. The summed E-state index contributed by atoms with van der Waals surface area (Å²) < 4.78 is 5.56. The van der Waals surface area contributed by atoms with Crippen LogP contribution < -0.4 is 4.74 Å². The second-order valence-electron chi connectivity index (χ2n) is 2.32. The van der Waals surface area contributed by atoms with Crippen molar-refractivity contribution in [3.8, 4) is 5.75 Å². The average molecular weight is 243 g/mol. The number of benzene rings is 1. The summed E-state index contributed by atoms with van der Waals surface area (Å²) >= 11 is 3.18. The van der Waals surface area contributed by atoms with Crippen molar-refractivity contribution in [2.75, 3.05) is 7.11 Å². The Morgan fingerprint density at radius 3 is 2.46 bits per heavy atom. The zero-order valence-corrected chi connectivity index (χ0v) is 8.50. The third-order valence-corrected chi connectivity index (χ3v) is 2.31. The predicted molar refractivity (Wildman–Crippen MR) is 51.5 cm³/mol.